The van der Waals surface area contributed by atoms with E-state index in [9.17, 15) is 9.59 Å². The van der Waals surface area contributed by atoms with E-state index in [2.05, 4.69) is 5.32 Å². The fraction of sp³-hybridized carbons (Fsp3) is 0.333. The number of benzene rings is 1. The molecule has 1 amide bonds. The molecule has 3 nitrogen and oxygen atoms in total. The molecular formula is C12H13NO2. The van der Waals surface area contributed by atoms with Crippen molar-refractivity contribution in [3.63, 3.8) is 0 Å². The van der Waals surface area contributed by atoms with Gasteiger partial charge in [0.1, 0.15) is 0 Å². The maximum absolute atomic E-state index is 11.7. The molecule has 1 N–H and O–H groups in total. The molecule has 0 radical (unpaired) electrons. The highest BCUT2D eigenvalue weighted by molar-refractivity contribution is 5.93. The molecule has 0 aliphatic carbocycles. The van der Waals surface area contributed by atoms with Crippen molar-refractivity contribution in [2.24, 2.45) is 0 Å². The highest BCUT2D eigenvalue weighted by Gasteiger charge is 2.26. The molecule has 1 aliphatic rings. The van der Waals surface area contributed by atoms with Gasteiger partial charge in [0.25, 0.3) is 0 Å². The van der Waals surface area contributed by atoms with Crippen molar-refractivity contribution in [3.8, 4) is 0 Å². The summed E-state index contributed by atoms with van der Waals surface area (Å²) in [5.74, 6) is 0.0912. The van der Waals surface area contributed by atoms with Gasteiger partial charge in [0.15, 0.2) is 5.78 Å². The van der Waals surface area contributed by atoms with E-state index in [1.165, 1.54) is 0 Å². The summed E-state index contributed by atoms with van der Waals surface area (Å²) < 4.78 is 0. The van der Waals surface area contributed by atoms with Crippen LogP contribution in [0.1, 0.15) is 18.4 Å². The number of Topliss-reactive ketones (excluding diaryl/α,β-unsaturated/α-hetero) is 1. The van der Waals surface area contributed by atoms with Gasteiger partial charge in [-0.15, -0.1) is 0 Å². The van der Waals surface area contributed by atoms with E-state index in [-0.39, 0.29) is 17.7 Å². The van der Waals surface area contributed by atoms with Crippen LogP contribution in [-0.4, -0.2) is 17.7 Å². The second-order valence-electron chi connectivity index (χ2n) is 3.79. The number of rotatable bonds is 3. The molecule has 0 spiro atoms. The number of nitrogens with one attached hydrogen (secondary N) is 1. The summed E-state index contributed by atoms with van der Waals surface area (Å²) in [7, 11) is 0. The normalized spacial score (nSPS) is 20.0. The number of hydrogen-bond donors (Lipinski definition) is 1. The summed E-state index contributed by atoms with van der Waals surface area (Å²) in [6.45, 7) is 0. The van der Waals surface area contributed by atoms with Gasteiger partial charge in [-0.25, -0.2) is 0 Å². The van der Waals surface area contributed by atoms with Crippen LogP contribution in [0.5, 0.6) is 0 Å². The molecule has 1 fully saturated rings. The lowest BCUT2D eigenvalue weighted by atomic mass is 10.0. The van der Waals surface area contributed by atoms with Gasteiger partial charge in [-0.3, -0.25) is 9.59 Å². The molecule has 1 aliphatic heterocycles. The minimum Gasteiger partial charge on any atom is -0.346 e. The molecule has 0 unspecified atom stereocenters. The minimum atomic E-state index is -0.266. The average Bonchev–Trinajstić information content (AvgIpc) is 2.66. The molecule has 3 heteroatoms. The van der Waals surface area contributed by atoms with Gasteiger partial charge >= 0.3 is 0 Å². The number of ketones is 1. The SMILES string of the molecule is O=C1CC[C@@H](C(=O)Cc2ccccc2)N1. The number of carbonyl (C=O) groups is 2. The van der Waals surface area contributed by atoms with Crippen molar-refractivity contribution in [1.82, 2.24) is 5.32 Å². The van der Waals surface area contributed by atoms with Gasteiger partial charge in [0.2, 0.25) is 5.91 Å². The first-order valence-corrected chi connectivity index (χ1v) is 5.12. The van der Waals surface area contributed by atoms with E-state index in [4.69, 9.17) is 0 Å². The first-order chi connectivity index (χ1) is 7.25. The Morgan fingerprint density at radius 3 is 2.67 bits per heavy atom. The Labute approximate surface area is 88.5 Å². The van der Waals surface area contributed by atoms with Crippen molar-refractivity contribution >= 4 is 11.7 Å². The zero-order valence-electron chi connectivity index (χ0n) is 8.40. The quantitative estimate of drug-likeness (QED) is 0.799. The van der Waals surface area contributed by atoms with E-state index in [0.29, 0.717) is 19.3 Å². The molecule has 1 aromatic rings. The summed E-state index contributed by atoms with van der Waals surface area (Å²) in [5, 5.41) is 2.69. The van der Waals surface area contributed by atoms with E-state index in [1.807, 2.05) is 30.3 Å². The maximum Gasteiger partial charge on any atom is 0.220 e. The lowest BCUT2D eigenvalue weighted by molar-refractivity contribution is -0.124. The third-order valence-corrected chi connectivity index (χ3v) is 2.61. The van der Waals surface area contributed by atoms with E-state index in [1.54, 1.807) is 0 Å². The molecule has 2 rings (SSSR count). The van der Waals surface area contributed by atoms with Crippen LogP contribution in [0.3, 0.4) is 0 Å². The van der Waals surface area contributed by atoms with Crippen molar-refractivity contribution < 1.29 is 9.59 Å². The molecular weight excluding hydrogens is 190 g/mol. The molecule has 0 saturated carbocycles. The third-order valence-electron chi connectivity index (χ3n) is 2.61. The number of carbonyl (C=O) groups excluding carboxylic acids is 2. The van der Waals surface area contributed by atoms with Crippen molar-refractivity contribution in [2.75, 3.05) is 0 Å². The van der Waals surface area contributed by atoms with Crippen LogP contribution in [0.2, 0.25) is 0 Å². The van der Waals surface area contributed by atoms with Gasteiger partial charge in [-0.1, -0.05) is 30.3 Å². The van der Waals surface area contributed by atoms with E-state index in [0.717, 1.165) is 5.56 Å². The van der Waals surface area contributed by atoms with Gasteiger partial charge in [-0.2, -0.15) is 0 Å². The monoisotopic (exact) mass is 203 g/mol. The van der Waals surface area contributed by atoms with Crippen molar-refractivity contribution in [2.45, 2.75) is 25.3 Å². The van der Waals surface area contributed by atoms with Crippen LogP contribution in [0, 0.1) is 0 Å². The Kier molecular flexibility index (Phi) is 2.81. The molecule has 1 saturated heterocycles. The highest BCUT2D eigenvalue weighted by Crippen LogP contribution is 2.10. The zero-order valence-corrected chi connectivity index (χ0v) is 8.40. The predicted molar refractivity (Wildman–Crippen MR) is 56.3 cm³/mol. The molecule has 1 heterocycles. The second kappa shape index (κ2) is 4.26. The van der Waals surface area contributed by atoms with Crippen molar-refractivity contribution in [3.05, 3.63) is 35.9 Å². The van der Waals surface area contributed by atoms with Crippen LogP contribution >= 0.6 is 0 Å². The smallest absolute Gasteiger partial charge is 0.220 e. The first kappa shape index (κ1) is 9.90. The standard InChI is InChI=1S/C12H13NO2/c14-11(10-6-7-12(15)13-10)8-9-4-2-1-3-5-9/h1-5,10H,6-8H2,(H,13,15)/t10-/m0/s1. The van der Waals surface area contributed by atoms with Crippen LogP contribution in [0.25, 0.3) is 0 Å². The predicted octanol–water partition coefficient (Wildman–Crippen LogP) is 1.08. The highest BCUT2D eigenvalue weighted by atomic mass is 16.2. The molecule has 0 bridgehead atoms. The van der Waals surface area contributed by atoms with Gasteiger partial charge < -0.3 is 5.32 Å². The Bertz CT molecular complexity index is 372. The zero-order chi connectivity index (χ0) is 10.7. The fourth-order valence-electron chi connectivity index (χ4n) is 1.78. The molecule has 1 aromatic carbocycles. The minimum absolute atomic E-state index is 0.0126. The van der Waals surface area contributed by atoms with Crippen LogP contribution in [0.15, 0.2) is 30.3 Å². The van der Waals surface area contributed by atoms with E-state index >= 15 is 0 Å². The van der Waals surface area contributed by atoms with Gasteiger partial charge in [0, 0.05) is 12.8 Å². The third kappa shape index (κ3) is 2.43. The van der Waals surface area contributed by atoms with Crippen LogP contribution in [0.4, 0.5) is 0 Å². The Morgan fingerprint density at radius 2 is 2.07 bits per heavy atom. The van der Waals surface area contributed by atoms with Crippen LogP contribution in [-0.2, 0) is 16.0 Å². The van der Waals surface area contributed by atoms with E-state index < -0.39 is 0 Å². The topological polar surface area (TPSA) is 46.2 Å². The van der Waals surface area contributed by atoms with Gasteiger partial charge in [0.05, 0.1) is 6.04 Å². The number of hydrogen-bond acceptors (Lipinski definition) is 2. The second-order valence-corrected chi connectivity index (χ2v) is 3.79. The largest absolute Gasteiger partial charge is 0.346 e. The lowest BCUT2D eigenvalue weighted by Gasteiger charge is -2.08. The Hall–Kier alpha value is -1.64. The van der Waals surface area contributed by atoms with Gasteiger partial charge in [-0.05, 0) is 12.0 Å². The lowest BCUT2D eigenvalue weighted by Crippen LogP contribution is -2.34. The summed E-state index contributed by atoms with van der Waals surface area (Å²) in [6.07, 6.45) is 1.53. The molecule has 1 atom stereocenters. The molecule has 15 heavy (non-hydrogen) atoms. The summed E-state index contributed by atoms with van der Waals surface area (Å²) in [5.41, 5.74) is 1.00. The summed E-state index contributed by atoms with van der Waals surface area (Å²) >= 11 is 0. The number of amides is 1. The van der Waals surface area contributed by atoms with Crippen molar-refractivity contribution in [1.29, 1.82) is 0 Å². The Balaban J connectivity index is 1.96. The van der Waals surface area contributed by atoms with Crippen LogP contribution < -0.4 is 5.32 Å². The maximum atomic E-state index is 11.7. The fourth-order valence-corrected chi connectivity index (χ4v) is 1.78. The first-order valence-electron chi connectivity index (χ1n) is 5.12. The molecule has 78 valence electrons. The molecule has 0 aromatic heterocycles. The summed E-state index contributed by atoms with van der Waals surface area (Å²) in [6, 6.07) is 9.33. The summed E-state index contributed by atoms with van der Waals surface area (Å²) in [4.78, 5) is 22.7. The Morgan fingerprint density at radius 1 is 1.33 bits per heavy atom. The average molecular weight is 203 g/mol.